The second-order valence-electron chi connectivity index (χ2n) is 8.25. The minimum atomic E-state index is -0.327. The molecule has 32 heavy (non-hydrogen) atoms. The zero-order valence-electron chi connectivity index (χ0n) is 19.0. The highest BCUT2D eigenvalue weighted by atomic mass is 19.1. The van der Waals surface area contributed by atoms with E-state index in [1.165, 1.54) is 6.07 Å². The second-order valence-corrected chi connectivity index (χ2v) is 8.25. The third-order valence-electron chi connectivity index (χ3n) is 5.94. The van der Waals surface area contributed by atoms with Crippen molar-refractivity contribution in [2.24, 2.45) is 5.92 Å². The van der Waals surface area contributed by atoms with E-state index in [1.807, 2.05) is 0 Å². The van der Waals surface area contributed by atoms with Gasteiger partial charge in [-0.3, -0.25) is 4.79 Å². The van der Waals surface area contributed by atoms with Crippen LogP contribution in [0.2, 0.25) is 0 Å². The number of benzene rings is 2. The Balaban J connectivity index is 1.74. The van der Waals surface area contributed by atoms with Crippen LogP contribution in [0.25, 0.3) is 0 Å². The monoisotopic (exact) mass is 441 g/mol. The van der Waals surface area contributed by atoms with E-state index >= 15 is 0 Å². The number of ether oxygens (including phenoxy) is 1. The molecule has 0 radical (unpaired) electrons. The van der Waals surface area contributed by atoms with Gasteiger partial charge in [0.1, 0.15) is 11.6 Å². The lowest BCUT2D eigenvalue weighted by Crippen LogP contribution is -2.49. The number of piperidine rings is 1. The lowest BCUT2D eigenvalue weighted by Gasteiger charge is -2.39. The molecule has 1 heterocycles. The maximum Gasteiger partial charge on any atom is 0.317 e. The standard InChI is InChI=1S/C25H32FN3O3/c1-4-5-14-27-25(31)29-16-19(24(30)28-20-8-10-21(32-3)11-9-20)7-13-23(29)18-6-12-22(26)17(2)15-18/h6,8-12,15,19,23H,4-5,7,13-14,16H2,1-3H3,(H,27,31)(H,28,30)/t19-,23-/m0/s1. The van der Waals surface area contributed by atoms with Crippen molar-refractivity contribution in [1.29, 1.82) is 0 Å². The molecule has 6 nitrogen and oxygen atoms in total. The number of hydrogen-bond acceptors (Lipinski definition) is 3. The zero-order valence-corrected chi connectivity index (χ0v) is 19.0. The minimum Gasteiger partial charge on any atom is -0.497 e. The van der Waals surface area contributed by atoms with Crippen LogP contribution in [0.3, 0.4) is 0 Å². The Kier molecular flexibility index (Phi) is 8.09. The van der Waals surface area contributed by atoms with E-state index in [9.17, 15) is 14.0 Å². The van der Waals surface area contributed by atoms with Crippen molar-refractivity contribution in [2.75, 3.05) is 25.5 Å². The van der Waals surface area contributed by atoms with Gasteiger partial charge in [0.2, 0.25) is 5.91 Å². The molecule has 2 aromatic rings. The number of hydrogen-bond donors (Lipinski definition) is 2. The molecule has 2 atom stereocenters. The number of carbonyl (C=O) groups is 2. The number of carbonyl (C=O) groups excluding carboxylic acids is 2. The van der Waals surface area contributed by atoms with E-state index in [1.54, 1.807) is 55.3 Å². The van der Waals surface area contributed by atoms with Gasteiger partial charge in [-0.25, -0.2) is 9.18 Å². The molecule has 0 bridgehead atoms. The van der Waals surface area contributed by atoms with Gasteiger partial charge in [0.05, 0.1) is 19.1 Å². The van der Waals surface area contributed by atoms with E-state index in [4.69, 9.17) is 4.74 Å². The smallest absolute Gasteiger partial charge is 0.317 e. The average molecular weight is 442 g/mol. The van der Waals surface area contributed by atoms with Crippen LogP contribution in [0.1, 0.15) is 49.8 Å². The van der Waals surface area contributed by atoms with Crippen molar-refractivity contribution >= 4 is 17.6 Å². The lowest BCUT2D eigenvalue weighted by molar-refractivity contribution is -0.121. The summed E-state index contributed by atoms with van der Waals surface area (Å²) in [6.07, 6.45) is 3.14. The SMILES string of the molecule is CCCCNC(=O)N1C[C@@H](C(=O)Nc2ccc(OC)cc2)CC[C@H]1c1ccc(F)c(C)c1. The van der Waals surface area contributed by atoms with Gasteiger partial charge in [-0.05, 0) is 67.6 Å². The van der Waals surface area contributed by atoms with Gasteiger partial charge in [-0.1, -0.05) is 25.5 Å². The van der Waals surface area contributed by atoms with Crippen LogP contribution < -0.4 is 15.4 Å². The summed E-state index contributed by atoms with van der Waals surface area (Å²) in [7, 11) is 1.59. The van der Waals surface area contributed by atoms with E-state index in [-0.39, 0.29) is 29.7 Å². The van der Waals surface area contributed by atoms with Crippen LogP contribution in [0.5, 0.6) is 5.75 Å². The number of aryl methyl sites for hydroxylation is 1. The highest BCUT2D eigenvalue weighted by Crippen LogP contribution is 2.34. The molecular weight excluding hydrogens is 409 g/mol. The highest BCUT2D eigenvalue weighted by Gasteiger charge is 2.35. The molecule has 3 rings (SSSR count). The molecule has 1 fully saturated rings. The fourth-order valence-corrected chi connectivity index (χ4v) is 4.02. The first-order valence-electron chi connectivity index (χ1n) is 11.2. The molecule has 1 aliphatic rings. The number of anilines is 1. The van der Waals surface area contributed by atoms with Gasteiger partial charge in [-0.15, -0.1) is 0 Å². The molecule has 0 saturated carbocycles. The molecule has 1 aliphatic heterocycles. The number of methoxy groups -OCH3 is 1. The van der Waals surface area contributed by atoms with Crippen molar-refractivity contribution in [2.45, 2.75) is 45.6 Å². The maximum absolute atomic E-state index is 13.8. The lowest BCUT2D eigenvalue weighted by atomic mass is 9.88. The number of rotatable bonds is 7. The summed E-state index contributed by atoms with van der Waals surface area (Å²) < 4.78 is 18.9. The summed E-state index contributed by atoms with van der Waals surface area (Å²) in [4.78, 5) is 27.7. The molecule has 0 aromatic heterocycles. The van der Waals surface area contributed by atoms with E-state index in [0.29, 0.717) is 42.9 Å². The molecular formula is C25H32FN3O3. The Morgan fingerprint density at radius 2 is 1.91 bits per heavy atom. The fourth-order valence-electron chi connectivity index (χ4n) is 4.02. The first kappa shape index (κ1) is 23.6. The Labute approximate surface area is 189 Å². The molecule has 2 N–H and O–H groups in total. The summed E-state index contributed by atoms with van der Waals surface area (Å²) in [5, 5.41) is 5.91. The maximum atomic E-state index is 13.8. The van der Waals surface area contributed by atoms with Gasteiger partial charge in [0, 0.05) is 18.8 Å². The molecule has 7 heteroatoms. The van der Waals surface area contributed by atoms with Crippen molar-refractivity contribution in [3.63, 3.8) is 0 Å². The van der Waals surface area contributed by atoms with Gasteiger partial charge in [-0.2, -0.15) is 0 Å². The van der Waals surface area contributed by atoms with Crippen LogP contribution in [-0.2, 0) is 4.79 Å². The molecule has 172 valence electrons. The quantitative estimate of drug-likeness (QED) is 0.591. The number of nitrogens with zero attached hydrogens (tertiary/aromatic N) is 1. The first-order valence-corrected chi connectivity index (χ1v) is 11.2. The summed E-state index contributed by atoms with van der Waals surface area (Å²) in [6.45, 7) is 4.68. The van der Waals surface area contributed by atoms with Crippen LogP contribution in [0.4, 0.5) is 14.9 Å². The molecule has 1 saturated heterocycles. The van der Waals surface area contributed by atoms with Gasteiger partial charge in [0.15, 0.2) is 0 Å². The number of amides is 3. The third-order valence-corrected chi connectivity index (χ3v) is 5.94. The molecule has 0 aliphatic carbocycles. The van der Waals surface area contributed by atoms with Crippen molar-refractivity contribution in [3.05, 3.63) is 59.4 Å². The summed E-state index contributed by atoms with van der Waals surface area (Å²) in [5.41, 5.74) is 2.13. The molecule has 3 amide bonds. The number of urea groups is 1. The second kappa shape index (κ2) is 11.0. The van der Waals surface area contributed by atoms with E-state index in [2.05, 4.69) is 17.6 Å². The van der Waals surface area contributed by atoms with Crippen molar-refractivity contribution in [1.82, 2.24) is 10.2 Å². The Morgan fingerprint density at radius 3 is 2.56 bits per heavy atom. The normalized spacial score (nSPS) is 18.2. The number of halogens is 1. The highest BCUT2D eigenvalue weighted by molar-refractivity contribution is 5.93. The van der Waals surface area contributed by atoms with Gasteiger partial charge < -0.3 is 20.3 Å². The van der Waals surface area contributed by atoms with Crippen LogP contribution in [-0.4, -0.2) is 37.0 Å². The van der Waals surface area contributed by atoms with Crippen LogP contribution in [0.15, 0.2) is 42.5 Å². The van der Waals surface area contributed by atoms with Crippen molar-refractivity contribution < 1.29 is 18.7 Å². The van der Waals surface area contributed by atoms with Gasteiger partial charge in [0.25, 0.3) is 0 Å². The Morgan fingerprint density at radius 1 is 1.16 bits per heavy atom. The predicted molar refractivity (Wildman–Crippen MR) is 123 cm³/mol. The third kappa shape index (κ3) is 5.78. The topological polar surface area (TPSA) is 70.7 Å². The number of nitrogens with one attached hydrogen (secondary N) is 2. The Hall–Kier alpha value is -3.09. The minimum absolute atomic E-state index is 0.115. The molecule has 0 unspecified atom stereocenters. The zero-order chi connectivity index (χ0) is 23.1. The van der Waals surface area contributed by atoms with Crippen LogP contribution in [0, 0.1) is 18.7 Å². The average Bonchev–Trinajstić information content (AvgIpc) is 2.81. The van der Waals surface area contributed by atoms with E-state index < -0.39 is 0 Å². The summed E-state index contributed by atoms with van der Waals surface area (Å²) in [6, 6.07) is 11.8. The fraction of sp³-hybridized carbons (Fsp3) is 0.440. The molecule has 2 aromatic carbocycles. The largest absolute Gasteiger partial charge is 0.497 e. The summed E-state index contributed by atoms with van der Waals surface area (Å²) >= 11 is 0. The van der Waals surface area contributed by atoms with Crippen LogP contribution >= 0.6 is 0 Å². The van der Waals surface area contributed by atoms with Gasteiger partial charge >= 0.3 is 6.03 Å². The van der Waals surface area contributed by atoms with Crippen molar-refractivity contribution in [3.8, 4) is 5.75 Å². The number of likely N-dealkylation sites (tertiary alicyclic amines) is 1. The predicted octanol–water partition coefficient (Wildman–Crippen LogP) is 5.04. The van der Waals surface area contributed by atoms with E-state index in [0.717, 1.165) is 18.4 Å². The Bertz CT molecular complexity index is 933. The summed E-state index contributed by atoms with van der Waals surface area (Å²) in [5.74, 6) is 0.00959. The number of unbranched alkanes of at least 4 members (excludes halogenated alkanes) is 1. The molecule has 0 spiro atoms. The first-order chi connectivity index (χ1) is 15.4.